The molecule has 1 atom stereocenters. The van der Waals surface area contributed by atoms with E-state index in [9.17, 15) is 4.39 Å². The van der Waals surface area contributed by atoms with Crippen molar-refractivity contribution in [3.8, 4) is 11.3 Å². The number of halogens is 1. The van der Waals surface area contributed by atoms with Gasteiger partial charge >= 0.3 is 0 Å². The molecule has 20 heavy (non-hydrogen) atoms. The van der Waals surface area contributed by atoms with Crippen LogP contribution in [0.15, 0.2) is 34.9 Å². The topological polar surface area (TPSA) is 41.3 Å². The number of oxazole rings is 1. The molecule has 1 aromatic carbocycles. The third-order valence-corrected chi connectivity index (χ3v) is 3.67. The highest BCUT2D eigenvalue weighted by molar-refractivity contribution is 5.56. The fourth-order valence-corrected chi connectivity index (χ4v) is 2.46. The van der Waals surface area contributed by atoms with Gasteiger partial charge in [-0.2, -0.15) is 0 Å². The van der Waals surface area contributed by atoms with Gasteiger partial charge < -0.3 is 9.73 Å². The normalized spacial score (nSPS) is 20.2. The molecule has 0 bridgehead atoms. The van der Waals surface area contributed by atoms with Crippen molar-refractivity contribution >= 4 is 0 Å². The van der Waals surface area contributed by atoms with Crippen molar-refractivity contribution in [2.24, 2.45) is 0 Å². The Kier molecular flexibility index (Phi) is 3.80. The summed E-state index contributed by atoms with van der Waals surface area (Å²) in [5, 5.41) is 3.35. The minimum absolute atomic E-state index is 0.286. The van der Waals surface area contributed by atoms with Crippen molar-refractivity contribution in [3.05, 3.63) is 42.2 Å². The zero-order chi connectivity index (χ0) is 13.9. The van der Waals surface area contributed by atoms with Crippen molar-refractivity contribution in [3.63, 3.8) is 0 Å². The van der Waals surface area contributed by atoms with Crippen LogP contribution in [0.3, 0.4) is 0 Å². The van der Waals surface area contributed by atoms with Crippen LogP contribution in [0.5, 0.6) is 0 Å². The summed E-state index contributed by atoms with van der Waals surface area (Å²) in [6.45, 7) is 5.76. The molecule has 0 unspecified atom stereocenters. The van der Waals surface area contributed by atoms with Crippen LogP contribution >= 0.6 is 0 Å². The van der Waals surface area contributed by atoms with Crippen molar-refractivity contribution in [2.75, 3.05) is 19.6 Å². The lowest BCUT2D eigenvalue weighted by Crippen LogP contribution is -2.49. The number of rotatable bonds is 3. The van der Waals surface area contributed by atoms with Crippen LogP contribution in [0.4, 0.5) is 4.39 Å². The third kappa shape index (κ3) is 2.73. The lowest BCUT2D eigenvalue weighted by Gasteiger charge is -2.32. The highest BCUT2D eigenvalue weighted by Crippen LogP contribution is 2.24. The van der Waals surface area contributed by atoms with Crippen LogP contribution in [-0.2, 0) is 6.54 Å². The highest BCUT2D eigenvalue weighted by Gasteiger charge is 2.20. The van der Waals surface area contributed by atoms with E-state index >= 15 is 0 Å². The summed E-state index contributed by atoms with van der Waals surface area (Å²) < 4.78 is 19.4. The number of hydrogen-bond acceptors (Lipinski definition) is 4. The number of piperazine rings is 1. The lowest BCUT2D eigenvalue weighted by molar-refractivity contribution is 0.151. The Morgan fingerprint density at radius 2 is 2.30 bits per heavy atom. The zero-order valence-corrected chi connectivity index (χ0v) is 11.5. The summed E-state index contributed by atoms with van der Waals surface area (Å²) in [5.74, 6) is 0.837. The van der Waals surface area contributed by atoms with Gasteiger partial charge in [0.15, 0.2) is 5.76 Å². The van der Waals surface area contributed by atoms with Crippen molar-refractivity contribution in [2.45, 2.75) is 19.5 Å². The summed E-state index contributed by atoms with van der Waals surface area (Å²) >= 11 is 0. The van der Waals surface area contributed by atoms with Gasteiger partial charge in [0.2, 0.25) is 5.89 Å². The quantitative estimate of drug-likeness (QED) is 0.933. The molecule has 0 spiro atoms. The first-order chi connectivity index (χ1) is 9.74. The summed E-state index contributed by atoms with van der Waals surface area (Å²) in [4.78, 5) is 6.58. The number of benzene rings is 1. The standard InChI is InChI=1S/C15H18FN3O/c1-11-8-17-6-7-19(11)10-15-18-9-14(20-15)12-4-2-3-5-13(12)16/h2-5,9,11,17H,6-8,10H2,1H3/t11-/m1/s1. The van der Waals surface area contributed by atoms with Gasteiger partial charge in [-0.05, 0) is 19.1 Å². The van der Waals surface area contributed by atoms with Crippen LogP contribution in [0.2, 0.25) is 0 Å². The van der Waals surface area contributed by atoms with E-state index in [4.69, 9.17) is 4.42 Å². The molecule has 2 heterocycles. The van der Waals surface area contributed by atoms with Gasteiger partial charge in [-0.15, -0.1) is 0 Å². The van der Waals surface area contributed by atoms with Crippen molar-refractivity contribution < 1.29 is 8.81 Å². The molecular weight excluding hydrogens is 257 g/mol. The summed E-state index contributed by atoms with van der Waals surface area (Å²) in [5.41, 5.74) is 0.458. The van der Waals surface area contributed by atoms with Crippen LogP contribution in [-0.4, -0.2) is 35.6 Å². The second-order valence-electron chi connectivity index (χ2n) is 5.12. The first-order valence-electron chi connectivity index (χ1n) is 6.88. The van der Waals surface area contributed by atoms with Crippen molar-refractivity contribution in [1.29, 1.82) is 0 Å². The second kappa shape index (κ2) is 5.73. The van der Waals surface area contributed by atoms with Gasteiger partial charge in [0.1, 0.15) is 5.82 Å². The number of nitrogens with zero attached hydrogens (tertiary/aromatic N) is 2. The summed E-state index contributed by atoms with van der Waals surface area (Å²) in [6, 6.07) is 7.04. The van der Waals surface area contributed by atoms with Gasteiger partial charge in [-0.25, -0.2) is 9.37 Å². The minimum atomic E-state index is -0.286. The molecule has 1 aromatic heterocycles. The Labute approximate surface area is 117 Å². The largest absolute Gasteiger partial charge is 0.439 e. The van der Waals surface area contributed by atoms with Crippen LogP contribution < -0.4 is 5.32 Å². The first-order valence-corrected chi connectivity index (χ1v) is 6.88. The van der Waals surface area contributed by atoms with Crippen LogP contribution in [0, 0.1) is 5.82 Å². The lowest BCUT2D eigenvalue weighted by atomic mass is 10.2. The molecule has 2 aromatic rings. The molecule has 1 saturated heterocycles. The van der Waals surface area contributed by atoms with Gasteiger partial charge in [-0.3, -0.25) is 4.90 Å². The van der Waals surface area contributed by atoms with E-state index in [0.29, 0.717) is 29.8 Å². The third-order valence-electron chi connectivity index (χ3n) is 3.67. The molecule has 1 aliphatic heterocycles. The van der Waals surface area contributed by atoms with E-state index in [1.807, 2.05) is 0 Å². The molecule has 0 amide bonds. The summed E-state index contributed by atoms with van der Waals surface area (Å²) in [7, 11) is 0. The van der Waals surface area contributed by atoms with Crippen LogP contribution in [0.1, 0.15) is 12.8 Å². The SMILES string of the molecule is C[C@@H]1CNCCN1Cc1ncc(-c2ccccc2F)o1. The maximum Gasteiger partial charge on any atom is 0.209 e. The van der Waals surface area contributed by atoms with E-state index in [-0.39, 0.29) is 5.82 Å². The number of nitrogens with one attached hydrogen (secondary N) is 1. The van der Waals surface area contributed by atoms with Gasteiger partial charge in [-0.1, -0.05) is 12.1 Å². The minimum Gasteiger partial charge on any atom is -0.439 e. The Morgan fingerprint density at radius 1 is 1.45 bits per heavy atom. The van der Waals surface area contributed by atoms with E-state index in [1.54, 1.807) is 24.4 Å². The highest BCUT2D eigenvalue weighted by atomic mass is 19.1. The molecular formula is C15H18FN3O. The smallest absolute Gasteiger partial charge is 0.209 e. The first kappa shape index (κ1) is 13.3. The molecule has 4 nitrogen and oxygen atoms in total. The van der Waals surface area contributed by atoms with Gasteiger partial charge in [0.25, 0.3) is 0 Å². The number of hydrogen-bond donors (Lipinski definition) is 1. The van der Waals surface area contributed by atoms with Crippen molar-refractivity contribution in [1.82, 2.24) is 15.2 Å². The monoisotopic (exact) mass is 275 g/mol. The predicted octanol–water partition coefficient (Wildman–Crippen LogP) is 2.27. The molecule has 3 rings (SSSR count). The molecule has 0 radical (unpaired) electrons. The van der Waals surface area contributed by atoms with Gasteiger partial charge in [0, 0.05) is 25.7 Å². The molecule has 1 fully saturated rings. The fraction of sp³-hybridized carbons (Fsp3) is 0.400. The molecule has 0 aliphatic carbocycles. The molecule has 106 valence electrons. The average molecular weight is 275 g/mol. The van der Waals surface area contributed by atoms with Gasteiger partial charge in [0.05, 0.1) is 18.3 Å². The summed E-state index contributed by atoms with van der Waals surface area (Å²) in [6.07, 6.45) is 1.60. The maximum absolute atomic E-state index is 13.7. The van der Waals surface area contributed by atoms with Crippen LogP contribution in [0.25, 0.3) is 11.3 Å². The Balaban J connectivity index is 1.75. The molecule has 1 aliphatic rings. The maximum atomic E-state index is 13.7. The fourth-order valence-electron chi connectivity index (χ4n) is 2.46. The van der Waals surface area contributed by atoms with E-state index in [0.717, 1.165) is 19.6 Å². The Morgan fingerprint density at radius 3 is 3.10 bits per heavy atom. The Bertz CT molecular complexity index is 584. The molecule has 1 N–H and O–H groups in total. The van der Waals surface area contributed by atoms with E-state index < -0.39 is 0 Å². The molecule has 5 heteroatoms. The zero-order valence-electron chi connectivity index (χ0n) is 11.5. The Hall–Kier alpha value is -1.72. The number of aromatic nitrogens is 1. The second-order valence-corrected chi connectivity index (χ2v) is 5.12. The van der Waals surface area contributed by atoms with E-state index in [2.05, 4.69) is 22.1 Å². The predicted molar refractivity (Wildman–Crippen MR) is 74.6 cm³/mol. The average Bonchev–Trinajstić information content (AvgIpc) is 2.90. The van der Waals surface area contributed by atoms with E-state index in [1.165, 1.54) is 6.07 Å². The molecule has 0 saturated carbocycles.